The molecule has 1 heterocycles. The smallest absolute Gasteiger partial charge is 0.407 e. The molecule has 13 nitrogen and oxygen atoms in total. The van der Waals surface area contributed by atoms with Gasteiger partial charge in [-0.1, -0.05) is 83.2 Å². The lowest BCUT2D eigenvalue weighted by Gasteiger charge is -2.32. The predicted octanol–water partition coefficient (Wildman–Crippen LogP) is 3.59. The number of rotatable bonds is 18. The van der Waals surface area contributed by atoms with E-state index in [1.54, 1.807) is 13.8 Å². The normalized spacial score (nSPS) is 19.8. The van der Waals surface area contributed by atoms with E-state index in [0.717, 1.165) is 31.2 Å². The molecule has 0 unspecified atom stereocenters. The molecule has 1 aliphatic heterocycles. The summed E-state index contributed by atoms with van der Waals surface area (Å²) >= 11 is 0. The maximum absolute atomic E-state index is 13.7. The van der Waals surface area contributed by atoms with E-state index >= 15 is 0 Å². The maximum Gasteiger partial charge on any atom is 0.407 e. The zero-order chi connectivity index (χ0) is 35.1. The minimum absolute atomic E-state index is 0.0969. The van der Waals surface area contributed by atoms with Gasteiger partial charge in [0.05, 0.1) is 18.4 Å². The predicted molar refractivity (Wildman–Crippen MR) is 176 cm³/mol. The lowest BCUT2D eigenvalue weighted by molar-refractivity contribution is -0.146. The second kappa shape index (κ2) is 19.6. The summed E-state index contributed by atoms with van der Waals surface area (Å²) in [5.41, 5.74) is 0.830. The third kappa shape index (κ3) is 13.2. The number of aliphatic carboxylic acids is 1. The molecule has 5 atom stereocenters. The molecule has 5 N–H and O–H groups in total. The molecule has 0 spiro atoms. The molecule has 48 heavy (non-hydrogen) atoms. The minimum atomic E-state index is -1.15. The number of carbonyl (C=O) groups excluding carboxylic acids is 5. The van der Waals surface area contributed by atoms with Gasteiger partial charge >= 0.3 is 18.0 Å². The summed E-state index contributed by atoms with van der Waals surface area (Å²) in [6, 6.07) is 6.75. The number of alkyl carbamates (subject to hydrolysis) is 1. The van der Waals surface area contributed by atoms with Gasteiger partial charge in [0.2, 0.25) is 17.7 Å². The molecule has 2 fully saturated rings. The number of cyclic esters (lactones) is 1. The summed E-state index contributed by atoms with van der Waals surface area (Å²) in [6.45, 7) is 5.65. The van der Waals surface area contributed by atoms with Crippen LogP contribution in [-0.4, -0.2) is 71.6 Å². The Kier molecular flexibility index (Phi) is 15.6. The van der Waals surface area contributed by atoms with Crippen molar-refractivity contribution in [2.45, 2.75) is 122 Å². The van der Waals surface area contributed by atoms with Gasteiger partial charge in [-0.3, -0.25) is 24.0 Å². The van der Waals surface area contributed by atoms with Crippen molar-refractivity contribution in [1.29, 1.82) is 0 Å². The Labute approximate surface area is 282 Å². The van der Waals surface area contributed by atoms with Crippen LogP contribution in [0.1, 0.15) is 97.0 Å². The third-order valence-corrected chi connectivity index (χ3v) is 8.96. The molecule has 0 aromatic heterocycles. The van der Waals surface area contributed by atoms with E-state index in [-0.39, 0.29) is 50.2 Å². The highest BCUT2D eigenvalue weighted by Crippen LogP contribution is 2.32. The number of hydrogen-bond acceptors (Lipinski definition) is 8. The first-order valence-corrected chi connectivity index (χ1v) is 17.2. The summed E-state index contributed by atoms with van der Waals surface area (Å²) in [4.78, 5) is 75.2. The second-order valence-corrected chi connectivity index (χ2v) is 13.3. The van der Waals surface area contributed by atoms with E-state index in [1.165, 1.54) is 6.42 Å². The Morgan fingerprint density at radius 1 is 0.958 bits per heavy atom. The average molecular weight is 673 g/mol. The molecule has 1 aliphatic carbocycles. The van der Waals surface area contributed by atoms with Gasteiger partial charge in [0.1, 0.15) is 24.8 Å². The van der Waals surface area contributed by atoms with Crippen LogP contribution in [0.15, 0.2) is 30.3 Å². The maximum atomic E-state index is 13.7. The molecule has 1 aromatic rings. The van der Waals surface area contributed by atoms with Crippen LogP contribution in [0.4, 0.5) is 4.79 Å². The first-order chi connectivity index (χ1) is 22.9. The molecule has 0 radical (unpaired) electrons. The van der Waals surface area contributed by atoms with Gasteiger partial charge in [-0.25, -0.2) is 4.79 Å². The first kappa shape index (κ1) is 38.3. The number of carbonyl (C=O) groups is 6. The number of carboxylic acids is 1. The molecular weight excluding hydrogens is 620 g/mol. The van der Waals surface area contributed by atoms with Gasteiger partial charge in [0.25, 0.3) is 0 Å². The molecule has 3 rings (SSSR count). The van der Waals surface area contributed by atoms with Gasteiger partial charge in [-0.15, -0.1) is 0 Å². The first-order valence-electron chi connectivity index (χ1n) is 17.2. The molecule has 1 saturated carbocycles. The topological polar surface area (TPSA) is 189 Å². The largest absolute Gasteiger partial charge is 0.481 e. The Bertz CT molecular complexity index is 1240. The van der Waals surface area contributed by atoms with Crippen LogP contribution in [-0.2, 0) is 40.1 Å². The summed E-state index contributed by atoms with van der Waals surface area (Å²) < 4.78 is 10.9. The van der Waals surface area contributed by atoms with Crippen molar-refractivity contribution in [2.24, 2.45) is 17.8 Å². The Hall–Kier alpha value is -4.16. The Balaban J connectivity index is 1.62. The van der Waals surface area contributed by atoms with E-state index in [9.17, 15) is 28.8 Å². The lowest BCUT2D eigenvalue weighted by Crippen LogP contribution is -2.58. The molecule has 1 aromatic carbocycles. The Morgan fingerprint density at radius 2 is 1.67 bits per heavy atom. The number of ether oxygens (including phenoxy) is 2. The van der Waals surface area contributed by atoms with Crippen LogP contribution >= 0.6 is 0 Å². The molecule has 0 bridgehead atoms. The van der Waals surface area contributed by atoms with Crippen molar-refractivity contribution in [3.63, 3.8) is 0 Å². The number of benzene rings is 1. The zero-order valence-electron chi connectivity index (χ0n) is 28.3. The molecular formula is C35H52N4O9. The fourth-order valence-corrected chi connectivity index (χ4v) is 6.18. The summed E-state index contributed by atoms with van der Waals surface area (Å²) in [6.07, 6.45) is 5.31. The van der Waals surface area contributed by atoms with Crippen LogP contribution in [0.2, 0.25) is 0 Å². The monoisotopic (exact) mass is 672 g/mol. The van der Waals surface area contributed by atoms with E-state index in [2.05, 4.69) is 21.3 Å². The average Bonchev–Trinajstić information content (AvgIpc) is 3.40. The van der Waals surface area contributed by atoms with Crippen LogP contribution in [0.25, 0.3) is 0 Å². The zero-order valence-corrected chi connectivity index (χ0v) is 28.3. The minimum Gasteiger partial charge on any atom is -0.481 e. The number of amides is 4. The van der Waals surface area contributed by atoms with Gasteiger partial charge in [0.15, 0.2) is 0 Å². The Morgan fingerprint density at radius 3 is 2.29 bits per heavy atom. The fourth-order valence-electron chi connectivity index (χ4n) is 6.18. The SMILES string of the molecule is CC(C)[C@H](NC(=O)[C@H](CCCNC(=O)OCc1ccccc1)NC(=O)CCC(=O)O)C(=O)N[C@@H](CC1CCCCC1)[C@@H]1C[C@@H](C)C(=O)O1. The molecule has 266 valence electrons. The van der Waals surface area contributed by atoms with Crippen molar-refractivity contribution in [1.82, 2.24) is 21.3 Å². The van der Waals surface area contributed by atoms with E-state index in [4.69, 9.17) is 14.6 Å². The van der Waals surface area contributed by atoms with E-state index < -0.39 is 60.4 Å². The van der Waals surface area contributed by atoms with Gasteiger partial charge in [0, 0.05) is 13.0 Å². The summed E-state index contributed by atoms with van der Waals surface area (Å²) in [5.74, 6) is -3.24. The highest BCUT2D eigenvalue weighted by atomic mass is 16.6. The van der Waals surface area contributed by atoms with Crippen molar-refractivity contribution in [3.05, 3.63) is 35.9 Å². The van der Waals surface area contributed by atoms with Crippen molar-refractivity contribution in [2.75, 3.05) is 6.54 Å². The highest BCUT2D eigenvalue weighted by Gasteiger charge is 2.39. The number of hydrogen-bond donors (Lipinski definition) is 5. The number of esters is 1. The molecule has 2 aliphatic rings. The second-order valence-electron chi connectivity index (χ2n) is 13.3. The van der Waals surface area contributed by atoms with Crippen LogP contribution < -0.4 is 21.3 Å². The van der Waals surface area contributed by atoms with Crippen LogP contribution in [0, 0.1) is 17.8 Å². The van der Waals surface area contributed by atoms with Crippen molar-refractivity contribution in [3.8, 4) is 0 Å². The fraction of sp³-hybridized carbons (Fsp3) is 0.657. The van der Waals surface area contributed by atoms with Gasteiger partial charge in [-0.2, -0.15) is 0 Å². The summed E-state index contributed by atoms with van der Waals surface area (Å²) in [7, 11) is 0. The number of nitrogens with one attached hydrogen (secondary N) is 4. The standard InChI is InChI=1S/C35H52N4O9/c1-22(2)31(33(44)38-27(20-24-11-6-4-7-12-24)28-19-23(3)34(45)48-28)39-32(43)26(37-29(40)16-17-30(41)42)15-10-18-36-35(46)47-21-25-13-8-5-9-14-25/h5,8-9,13-14,22-24,26-28,31H,4,6-7,10-12,15-21H2,1-3H3,(H,36,46)(H,37,40)(H,38,44)(H,39,43)(H,41,42)/t23-,26+,27+,28+,31+/m1/s1. The molecule has 13 heteroatoms. The lowest BCUT2D eigenvalue weighted by atomic mass is 9.83. The van der Waals surface area contributed by atoms with Gasteiger partial charge in [-0.05, 0) is 43.1 Å². The number of carboxylic acid groups (broad SMARTS) is 1. The van der Waals surface area contributed by atoms with E-state index in [0.29, 0.717) is 18.8 Å². The van der Waals surface area contributed by atoms with Crippen LogP contribution in [0.5, 0.6) is 0 Å². The van der Waals surface area contributed by atoms with Crippen molar-refractivity contribution < 1.29 is 43.3 Å². The van der Waals surface area contributed by atoms with Crippen LogP contribution in [0.3, 0.4) is 0 Å². The van der Waals surface area contributed by atoms with E-state index in [1.807, 2.05) is 37.3 Å². The highest BCUT2D eigenvalue weighted by molar-refractivity contribution is 5.92. The quantitative estimate of drug-likeness (QED) is 0.115. The third-order valence-electron chi connectivity index (χ3n) is 8.96. The summed E-state index contributed by atoms with van der Waals surface area (Å²) in [5, 5.41) is 20.1. The molecule has 4 amide bonds. The van der Waals surface area contributed by atoms with Crippen molar-refractivity contribution >= 4 is 35.8 Å². The van der Waals surface area contributed by atoms with Gasteiger partial charge < -0.3 is 35.8 Å². The molecule has 1 saturated heterocycles.